The van der Waals surface area contributed by atoms with Crippen molar-refractivity contribution < 1.29 is 155 Å². The van der Waals surface area contributed by atoms with Gasteiger partial charge in [-0.25, -0.2) is 4.57 Å². The molecule has 6 amide bonds. The van der Waals surface area contributed by atoms with Gasteiger partial charge < -0.3 is 125 Å². The van der Waals surface area contributed by atoms with Crippen LogP contribution in [0.25, 0.3) is 0 Å². The highest BCUT2D eigenvalue weighted by atomic mass is 31.2. The number of aliphatic hydroxyl groups is 9. The van der Waals surface area contributed by atoms with Crippen molar-refractivity contribution in [1.82, 2.24) is 31.9 Å². The molecule has 3 rings (SSSR count). The van der Waals surface area contributed by atoms with Gasteiger partial charge in [0.15, 0.2) is 18.9 Å². The van der Waals surface area contributed by atoms with Crippen LogP contribution >= 0.6 is 7.82 Å². The second kappa shape index (κ2) is 60.4. The molecule has 0 saturated carbocycles. The zero-order valence-corrected chi connectivity index (χ0v) is 68.5. The number of rotatable bonds is 68. The Labute approximate surface area is 674 Å². The Kier molecular flexibility index (Phi) is 54.6. The third kappa shape index (κ3) is 44.7. The lowest BCUT2D eigenvalue weighted by Crippen LogP contribution is -2.64. The highest BCUT2D eigenvalue weighted by Gasteiger charge is 2.47. The van der Waals surface area contributed by atoms with E-state index < -0.39 is 143 Å². The summed E-state index contributed by atoms with van der Waals surface area (Å²) in [5.41, 5.74) is -1.47. The van der Waals surface area contributed by atoms with Gasteiger partial charge in [0.2, 0.25) is 35.4 Å². The zero-order valence-electron chi connectivity index (χ0n) is 67.6. The van der Waals surface area contributed by atoms with E-state index in [-0.39, 0.29) is 191 Å². The van der Waals surface area contributed by atoms with Gasteiger partial charge in [-0.05, 0) is 89.9 Å². The summed E-state index contributed by atoms with van der Waals surface area (Å²) in [5, 5.41) is 107. The van der Waals surface area contributed by atoms with Gasteiger partial charge >= 0.3 is 7.82 Å². The van der Waals surface area contributed by atoms with Crippen LogP contribution in [0, 0.1) is 5.92 Å². The minimum Gasteiger partial charge on any atom is -0.394 e. The van der Waals surface area contributed by atoms with E-state index in [1.165, 1.54) is 13.8 Å². The van der Waals surface area contributed by atoms with Crippen molar-refractivity contribution in [2.45, 2.75) is 305 Å². The predicted octanol–water partition coefficient (Wildman–Crippen LogP) is -0.00510. The van der Waals surface area contributed by atoms with Crippen LogP contribution in [0.5, 0.6) is 0 Å². The summed E-state index contributed by atoms with van der Waals surface area (Å²) in [5.74, 6) is -3.11. The van der Waals surface area contributed by atoms with Gasteiger partial charge in [-0.15, -0.1) is 0 Å². The molecule has 3 fully saturated rings. The van der Waals surface area contributed by atoms with E-state index in [9.17, 15) is 103 Å². The maximum atomic E-state index is 13.9. The number of hydrogen-bond acceptors (Lipinski definition) is 31. The topological polar surface area (TPSA) is 564 Å². The quantitative estimate of drug-likeness (QED) is 0.0281. The molecule has 0 aromatic heterocycles. The van der Waals surface area contributed by atoms with Crippen molar-refractivity contribution >= 4 is 66.4 Å². The van der Waals surface area contributed by atoms with E-state index >= 15 is 0 Å². The smallest absolute Gasteiger partial charge is 0.394 e. The summed E-state index contributed by atoms with van der Waals surface area (Å²) < 4.78 is 73.0. The first-order valence-electron chi connectivity index (χ1n) is 40.7. The normalized spacial score (nSPS) is 24.6. The van der Waals surface area contributed by atoms with Crippen molar-refractivity contribution in [1.29, 1.82) is 0 Å². The Balaban J connectivity index is 1.58. The number of ketones is 4. The van der Waals surface area contributed by atoms with Crippen LogP contribution in [0.15, 0.2) is 0 Å². The summed E-state index contributed by atoms with van der Waals surface area (Å²) in [6.07, 6.45) is -3.91. The number of amides is 6. The maximum Gasteiger partial charge on any atom is 0.471 e. The molecule has 3 heterocycles. The molecule has 0 spiro atoms. The zero-order chi connectivity index (χ0) is 85.0. The summed E-state index contributed by atoms with van der Waals surface area (Å²) in [6, 6.07) is -2.18. The highest BCUT2D eigenvalue weighted by Crippen LogP contribution is 2.42. The van der Waals surface area contributed by atoms with Crippen LogP contribution < -0.4 is 31.9 Å². The largest absolute Gasteiger partial charge is 0.471 e. The van der Waals surface area contributed by atoms with Crippen LogP contribution in [0.3, 0.4) is 0 Å². The monoisotopic (exact) mass is 1670 g/mol. The molecule has 0 aromatic rings. The van der Waals surface area contributed by atoms with E-state index in [1.54, 1.807) is 6.92 Å². The molecular weight excluding hydrogens is 1540 g/mol. The number of unbranched alkanes of at least 4 members (excludes halogenated alkanes) is 10. The molecule has 17 atom stereocenters. The first kappa shape index (κ1) is 104. The van der Waals surface area contributed by atoms with Crippen LogP contribution in [0.1, 0.15) is 213 Å². The Hall–Kier alpha value is -5.11. The number of Topliss-reactive ketones (excluding diaryl/α,β-unsaturated/α-hetero) is 4. The molecule has 3 aliphatic rings. The SMILES string of the molecule is COP(=O)(O)OCCCCCCNC(=O)CCCC(=O)NC(COCCC(=O)CCCCCC(=O)CCCCO[C@@H]1OC(CO)[C@H](O)[C@H](O)C1C)(COCCC(=O)CCCCCC(=O)CCCCO[C@@H]1OC(CO)[C@H](O)[C@H](O)C1NC(C)=O)COCCC(=O)NCCCNC(=O)CCCCO[C@@H]1OC(CO)[C@H](O)[C@H](O)C1NC(C)=O. The molecule has 0 aliphatic carbocycles. The molecule has 0 bridgehead atoms. The van der Waals surface area contributed by atoms with E-state index in [2.05, 4.69) is 36.4 Å². The third-order valence-electron chi connectivity index (χ3n) is 19.6. The number of carbonyl (C=O) groups excluding carboxylic acids is 10. The summed E-state index contributed by atoms with van der Waals surface area (Å²) in [4.78, 5) is 137. The van der Waals surface area contributed by atoms with Gasteiger partial charge in [0.05, 0.1) is 72.2 Å². The van der Waals surface area contributed by atoms with E-state index in [0.717, 1.165) is 7.11 Å². The Morgan fingerprint density at radius 2 is 0.704 bits per heavy atom. The van der Waals surface area contributed by atoms with Crippen molar-refractivity contribution in [3.63, 3.8) is 0 Å². The van der Waals surface area contributed by atoms with Crippen molar-refractivity contribution in [3.05, 3.63) is 0 Å². The van der Waals surface area contributed by atoms with Gasteiger partial charge in [0.1, 0.15) is 89.6 Å². The number of hydrogen-bond donors (Lipinski definition) is 16. The highest BCUT2D eigenvalue weighted by molar-refractivity contribution is 7.47. The van der Waals surface area contributed by atoms with E-state index in [0.29, 0.717) is 129 Å². The first-order chi connectivity index (χ1) is 55.0. The summed E-state index contributed by atoms with van der Waals surface area (Å²) in [7, 11) is -3.00. The van der Waals surface area contributed by atoms with Crippen LogP contribution in [-0.4, -0.2) is 313 Å². The molecule has 666 valence electrons. The first-order valence-corrected chi connectivity index (χ1v) is 42.2. The van der Waals surface area contributed by atoms with Gasteiger partial charge in [-0.2, -0.15) is 0 Å². The summed E-state index contributed by atoms with van der Waals surface area (Å²) in [6.45, 7) is 2.61. The third-order valence-corrected chi connectivity index (χ3v) is 20.6. The lowest BCUT2D eigenvalue weighted by Gasteiger charge is -2.42. The molecule has 38 nitrogen and oxygen atoms in total. The number of ether oxygens (including phenoxy) is 9. The second-order valence-electron chi connectivity index (χ2n) is 29.6. The minimum absolute atomic E-state index is 0.000508. The van der Waals surface area contributed by atoms with Crippen molar-refractivity contribution in [2.24, 2.45) is 5.92 Å². The lowest BCUT2D eigenvalue weighted by atomic mass is 9.92. The fourth-order valence-corrected chi connectivity index (χ4v) is 13.3. The molecule has 16 N–H and O–H groups in total. The Bertz CT molecular complexity index is 2750. The number of phosphoric acid groups is 1. The molecule has 8 unspecified atom stereocenters. The van der Waals surface area contributed by atoms with Crippen LogP contribution in [0.4, 0.5) is 0 Å². The average molecular weight is 1680 g/mol. The van der Waals surface area contributed by atoms with Gasteiger partial charge in [0, 0.05) is 143 Å². The lowest BCUT2D eigenvalue weighted by molar-refractivity contribution is -0.282. The van der Waals surface area contributed by atoms with Gasteiger partial charge in [0.25, 0.3) is 0 Å². The number of aliphatic hydroxyl groups excluding tert-OH is 9. The van der Waals surface area contributed by atoms with Crippen LogP contribution in [-0.2, 0) is 104 Å². The summed E-state index contributed by atoms with van der Waals surface area (Å²) >= 11 is 0. The molecule has 39 heteroatoms. The fourth-order valence-electron chi connectivity index (χ4n) is 12.8. The average Bonchev–Trinajstić information content (AvgIpc) is 0.813. The van der Waals surface area contributed by atoms with E-state index in [1.807, 2.05) is 0 Å². The predicted molar refractivity (Wildman–Crippen MR) is 409 cm³/mol. The minimum atomic E-state index is -4.07. The Morgan fingerprint density at radius 3 is 1.13 bits per heavy atom. The van der Waals surface area contributed by atoms with E-state index in [4.69, 9.17) is 47.2 Å². The number of phosphoric ester groups is 1. The molecule has 0 aromatic carbocycles. The second-order valence-corrected chi connectivity index (χ2v) is 31.1. The van der Waals surface area contributed by atoms with Crippen molar-refractivity contribution in [3.8, 4) is 0 Å². The molecule has 3 aliphatic heterocycles. The fraction of sp³-hybridized carbons (Fsp3) is 0.868. The van der Waals surface area contributed by atoms with Crippen molar-refractivity contribution in [2.75, 3.05) is 113 Å². The molecule has 115 heavy (non-hydrogen) atoms. The van der Waals surface area contributed by atoms with Gasteiger partial charge in [-0.3, -0.25) is 57.0 Å². The maximum absolute atomic E-state index is 13.9. The number of carbonyl (C=O) groups is 10. The standard InChI is InChI=1S/C76H135N6O32P/c1-51-67(96)68(97)58(45-83)112-73(51)108-38-18-13-27-54(88)23-9-7-11-25-56(90)32-42-105-48-76(82-64(95)31-21-30-62(93)77-35-16-5-6-17-41-111-115(102,103)104-4,49-106-43-33-57(91)26-12-8-10-24-55(89)28-14-19-39-109-74-65(80-52(2)86)71(100)69(98)59(46-84)113-74)50-107-44-34-63(94)79-37-22-36-78-61(92)29-15-20-40-110-75-66(81-53(3)87)72(101)70(99)60(47-85)114-75/h51,58-60,65-75,83-85,96-101H,5-50H2,1-4H3,(H,77,93)(H,78,92)(H,79,94)(H,80,86)(H,81,87)(H,82,95)(H,102,103)/t51?,58?,59?,60?,65?,66?,67-,68+,69+,70+,71-,72-,73-,74-,75-,76?/m1/s1. The van der Waals surface area contributed by atoms with Crippen LogP contribution in [0.2, 0.25) is 0 Å². The van der Waals surface area contributed by atoms with Gasteiger partial charge in [-0.1, -0.05) is 32.6 Å². The molecule has 3 saturated heterocycles. The number of nitrogens with one attached hydrogen (secondary N) is 6. The molecular formula is C76H135N6O32P. The molecule has 0 radical (unpaired) electrons. The Morgan fingerprint density at radius 1 is 0.374 bits per heavy atom.